The second-order valence-electron chi connectivity index (χ2n) is 6.30. The van der Waals surface area contributed by atoms with Crippen molar-refractivity contribution in [3.8, 4) is 5.75 Å². The van der Waals surface area contributed by atoms with E-state index in [1.165, 1.54) is 24.5 Å². The van der Waals surface area contributed by atoms with Gasteiger partial charge in [-0.25, -0.2) is 4.79 Å². The lowest BCUT2D eigenvalue weighted by Gasteiger charge is -2.16. The van der Waals surface area contributed by atoms with Crippen LogP contribution in [0.5, 0.6) is 5.75 Å². The summed E-state index contributed by atoms with van der Waals surface area (Å²) in [5.74, 6) is 0.891. The molecule has 2 atom stereocenters. The summed E-state index contributed by atoms with van der Waals surface area (Å²) in [7, 11) is 0. The summed E-state index contributed by atoms with van der Waals surface area (Å²) in [6.45, 7) is 12.1. The SMILES string of the molecule is C=C/C(=C\C=C/C)C(=O)OCCOC(C)Oc1ccc(C(C)CCC)cc1. The molecule has 1 aromatic carbocycles. The van der Waals surface area contributed by atoms with E-state index < -0.39 is 12.3 Å². The van der Waals surface area contributed by atoms with Crippen LogP contribution in [-0.4, -0.2) is 25.5 Å². The lowest BCUT2D eigenvalue weighted by atomic mass is 9.97. The van der Waals surface area contributed by atoms with E-state index >= 15 is 0 Å². The van der Waals surface area contributed by atoms with Gasteiger partial charge in [0.15, 0.2) is 6.29 Å². The molecule has 0 spiro atoms. The van der Waals surface area contributed by atoms with Crippen LogP contribution in [0, 0.1) is 0 Å². The molecule has 4 heteroatoms. The van der Waals surface area contributed by atoms with E-state index in [4.69, 9.17) is 14.2 Å². The number of esters is 1. The number of allylic oxidation sites excluding steroid dienone is 3. The van der Waals surface area contributed by atoms with Gasteiger partial charge in [0.05, 0.1) is 12.2 Å². The number of benzene rings is 1. The Morgan fingerprint density at radius 3 is 2.48 bits per heavy atom. The molecule has 148 valence electrons. The fourth-order valence-electron chi connectivity index (χ4n) is 2.55. The van der Waals surface area contributed by atoms with Gasteiger partial charge in [0.1, 0.15) is 12.4 Å². The topological polar surface area (TPSA) is 44.8 Å². The van der Waals surface area contributed by atoms with Crippen LogP contribution in [0.25, 0.3) is 0 Å². The predicted molar refractivity (Wildman–Crippen MR) is 110 cm³/mol. The Morgan fingerprint density at radius 2 is 1.89 bits per heavy atom. The molecule has 1 rings (SSSR count). The zero-order valence-corrected chi connectivity index (χ0v) is 16.9. The standard InChI is InChI=1S/C23H32O4/c1-6-9-11-20(8-3)23(24)26-17-16-25-19(5)27-22-14-12-21(13-15-22)18(4)10-7-2/h6,8-9,11-15,18-19H,3,7,10,16-17H2,1-2,4-5H3/b9-6-,20-11+. The maximum atomic E-state index is 11.9. The fourth-order valence-corrected chi connectivity index (χ4v) is 2.55. The van der Waals surface area contributed by atoms with Crippen LogP contribution < -0.4 is 4.74 Å². The normalized spacial score (nSPS) is 14.0. The molecular weight excluding hydrogens is 340 g/mol. The molecule has 0 amide bonds. The van der Waals surface area contributed by atoms with Gasteiger partial charge in [-0.2, -0.15) is 0 Å². The van der Waals surface area contributed by atoms with Gasteiger partial charge in [0, 0.05) is 0 Å². The van der Waals surface area contributed by atoms with Crippen LogP contribution in [0.15, 0.2) is 60.7 Å². The van der Waals surface area contributed by atoms with Crippen LogP contribution in [0.3, 0.4) is 0 Å². The van der Waals surface area contributed by atoms with E-state index in [1.807, 2.05) is 32.1 Å². The van der Waals surface area contributed by atoms with Gasteiger partial charge in [-0.15, -0.1) is 0 Å². The van der Waals surface area contributed by atoms with Gasteiger partial charge in [-0.3, -0.25) is 0 Å². The van der Waals surface area contributed by atoms with Crippen molar-refractivity contribution < 1.29 is 19.0 Å². The molecule has 27 heavy (non-hydrogen) atoms. The highest BCUT2D eigenvalue weighted by Gasteiger charge is 2.09. The second-order valence-corrected chi connectivity index (χ2v) is 6.30. The highest BCUT2D eigenvalue weighted by molar-refractivity contribution is 5.91. The van der Waals surface area contributed by atoms with Crippen molar-refractivity contribution in [2.45, 2.75) is 52.7 Å². The lowest BCUT2D eigenvalue weighted by molar-refractivity contribution is -0.143. The molecule has 0 heterocycles. The monoisotopic (exact) mass is 372 g/mol. The summed E-state index contributed by atoms with van der Waals surface area (Å²) in [5.41, 5.74) is 1.73. The fraction of sp³-hybridized carbons (Fsp3) is 0.435. The van der Waals surface area contributed by atoms with E-state index in [0.29, 0.717) is 11.5 Å². The zero-order valence-electron chi connectivity index (χ0n) is 16.9. The average Bonchev–Trinajstić information content (AvgIpc) is 2.66. The molecule has 0 aliphatic rings. The molecule has 0 bridgehead atoms. The Morgan fingerprint density at radius 1 is 1.19 bits per heavy atom. The number of rotatable bonds is 12. The third-order valence-electron chi connectivity index (χ3n) is 4.07. The first-order chi connectivity index (χ1) is 13.0. The first kappa shape index (κ1) is 22.7. The molecule has 0 aliphatic carbocycles. The molecule has 1 aromatic rings. The van der Waals surface area contributed by atoms with Crippen LogP contribution >= 0.6 is 0 Å². The number of carbonyl (C=O) groups is 1. The maximum Gasteiger partial charge on any atom is 0.338 e. The molecule has 0 saturated carbocycles. The van der Waals surface area contributed by atoms with Crippen LogP contribution in [-0.2, 0) is 14.3 Å². The summed E-state index contributed by atoms with van der Waals surface area (Å²) in [5, 5.41) is 0. The number of carbonyl (C=O) groups excluding carboxylic acids is 1. The van der Waals surface area contributed by atoms with Crippen LogP contribution in [0.2, 0.25) is 0 Å². The van der Waals surface area contributed by atoms with Crippen LogP contribution in [0.1, 0.15) is 52.0 Å². The molecule has 0 N–H and O–H groups in total. The lowest BCUT2D eigenvalue weighted by Crippen LogP contribution is -2.20. The van der Waals surface area contributed by atoms with Gasteiger partial charge < -0.3 is 14.2 Å². The van der Waals surface area contributed by atoms with E-state index in [1.54, 1.807) is 12.2 Å². The smallest absolute Gasteiger partial charge is 0.338 e. The Kier molecular flexibility index (Phi) is 10.9. The molecule has 0 radical (unpaired) electrons. The first-order valence-corrected chi connectivity index (χ1v) is 9.52. The number of hydrogen-bond acceptors (Lipinski definition) is 4. The van der Waals surface area contributed by atoms with E-state index in [9.17, 15) is 4.79 Å². The van der Waals surface area contributed by atoms with E-state index in [-0.39, 0.29) is 13.2 Å². The summed E-state index contributed by atoms with van der Waals surface area (Å²) in [6.07, 6.45) is 8.64. The minimum absolute atomic E-state index is 0.154. The van der Waals surface area contributed by atoms with Crippen molar-refractivity contribution in [2.75, 3.05) is 13.2 Å². The molecule has 4 nitrogen and oxygen atoms in total. The van der Waals surface area contributed by atoms with Crippen LogP contribution in [0.4, 0.5) is 0 Å². The molecule has 0 aliphatic heterocycles. The van der Waals surface area contributed by atoms with E-state index in [0.717, 1.165) is 5.75 Å². The highest BCUT2D eigenvalue weighted by Crippen LogP contribution is 2.23. The Bertz CT molecular complexity index is 628. The Labute approximate surface area is 163 Å². The minimum atomic E-state index is -0.431. The molecule has 0 fully saturated rings. The van der Waals surface area contributed by atoms with E-state index in [2.05, 4.69) is 32.6 Å². The van der Waals surface area contributed by atoms with Gasteiger partial charge in [0.25, 0.3) is 0 Å². The minimum Gasteiger partial charge on any atom is -0.465 e. The van der Waals surface area contributed by atoms with Gasteiger partial charge >= 0.3 is 5.97 Å². The largest absolute Gasteiger partial charge is 0.465 e. The molecular formula is C23H32O4. The summed E-state index contributed by atoms with van der Waals surface area (Å²) in [6, 6.07) is 8.11. The zero-order chi connectivity index (χ0) is 20.1. The molecule has 2 unspecified atom stereocenters. The molecule has 0 aromatic heterocycles. The average molecular weight is 373 g/mol. The number of ether oxygens (including phenoxy) is 3. The van der Waals surface area contributed by atoms with Gasteiger partial charge in [-0.1, -0.05) is 57.2 Å². The van der Waals surface area contributed by atoms with Crippen molar-refractivity contribution in [3.05, 3.63) is 66.3 Å². The van der Waals surface area contributed by atoms with Crippen molar-refractivity contribution in [2.24, 2.45) is 0 Å². The number of hydrogen-bond donors (Lipinski definition) is 0. The first-order valence-electron chi connectivity index (χ1n) is 9.52. The summed E-state index contributed by atoms with van der Waals surface area (Å²) < 4.78 is 16.5. The maximum absolute atomic E-state index is 11.9. The van der Waals surface area contributed by atoms with Crippen molar-refractivity contribution in [3.63, 3.8) is 0 Å². The molecule has 0 saturated heterocycles. The third kappa shape index (κ3) is 8.74. The van der Waals surface area contributed by atoms with Crippen molar-refractivity contribution in [1.29, 1.82) is 0 Å². The van der Waals surface area contributed by atoms with Gasteiger partial charge in [-0.05, 0) is 50.0 Å². The third-order valence-corrected chi connectivity index (χ3v) is 4.07. The van der Waals surface area contributed by atoms with Crippen molar-refractivity contribution >= 4 is 5.97 Å². The summed E-state index contributed by atoms with van der Waals surface area (Å²) in [4.78, 5) is 11.9. The Hall–Kier alpha value is -2.33. The van der Waals surface area contributed by atoms with Gasteiger partial charge in [0.2, 0.25) is 0 Å². The second kappa shape index (κ2) is 12.9. The summed E-state index contributed by atoms with van der Waals surface area (Å²) >= 11 is 0. The highest BCUT2D eigenvalue weighted by atomic mass is 16.7. The Balaban J connectivity index is 2.36. The predicted octanol–water partition coefficient (Wildman–Crippen LogP) is 5.56. The van der Waals surface area contributed by atoms with Crippen molar-refractivity contribution in [1.82, 2.24) is 0 Å². The quantitative estimate of drug-likeness (QED) is 0.158.